The van der Waals surface area contributed by atoms with Crippen molar-refractivity contribution in [3.05, 3.63) is 63.5 Å². The van der Waals surface area contributed by atoms with E-state index in [2.05, 4.69) is 83.3 Å². The second-order valence-electron chi connectivity index (χ2n) is 10.5. The van der Waals surface area contributed by atoms with Gasteiger partial charge in [-0.3, -0.25) is 0 Å². The summed E-state index contributed by atoms with van der Waals surface area (Å²) in [7, 11) is 0. The highest BCUT2D eigenvalue weighted by atomic mass is 32.2. The smallest absolute Gasteiger partial charge is 0.140 e. The van der Waals surface area contributed by atoms with E-state index >= 15 is 0 Å². The Balaban J connectivity index is 1.52. The van der Waals surface area contributed by atoms with Crippen LogP contribution >= 0.6 is 34.9 Å². The summed E-state index contributed by atoms with van der Waals surface area (Å²) in [6, 6.07) is 12.7. The summed E-state index contributed by atoms with van der Waals surface area (Å²) in [6.45, 7) is 13.2. The summed E-state index contributed by atoms with van der Waals surface area (Å²) in [5.74, 6) is 3.74. The molecule has 1 aromatic heterocycles. The van der Waals surface area contributed by atoms with Gasteiger partial charge in [-0.1, -0.05) is 53.7 Å². The van der Waals surface area contributed by atoms with E-state index in [0.29, 0.717) is 16.9 Å². The highest BCUT2D eigenvalue weighted by Gasteiger charge is 2.27. The number of aromatic hydroxyl groups is 1. The molecule has 0 spiro atoms. The predicted octanol–water partition coefficient (Wildman–Crippen LogP) is 8.17. The zero-order valence-electron chi connectivity index (χ0n) is 20.3. The summed E-state index contributed by atoms with van der Waals surface area (Å²) in [5.41, 5.74) is 4.92. The average Bonchev–Trinajstić information content (AvgIpc) is 3.43. The number of phenolic OH excluding ortho intramolecular Hbond substituents is 1. The van der Waals surface area contributed by atoms with Crippen molar-refractivity contribution in [2.24, 2.45) is 0 Å². The quantitative estimate of drug-likeness (QED) is 0.383. The van der Waals surface area contributed by atoms with E-state index in [1.54, 1.807) is 11.3 Å². The minimum atomic E-state index is -0.163. The molecule has 176 valence electrons. The van der Waals surface area contributed by atoms with Crippen LogP contribution < -0.4 is 4.74 Å². The first-order valence-corrected chi connectivity index (χ1v) is 14.3. The Morgan fingerprint density at radius 2 is 1.52 bits per heavy atom. The zero-order valence-corrected chi connectivity index (χ0v) is 22.7. The van der Waals surface area contributed by atoms with Crippen molar-refractivity contribution >= 4 is 34.9 Å². The molecule has 0 unspecified atom stereocenters. The summed E-state index contributed by atoms with van der Waals surface area (Å²) in [4.78, 5) is 4.86. The summed E-state index contributed by atoms with van der Waals surface area (Å²) < 4.78 is 6.59. The summed E-state index contributed by atoms with van der Waals surface area (Å²) in [5, 5.41) is 14.0. The van der Waals surface area contributed by atoms with Crippen LogP contribution in [0, 0.1) is 0 Å². The van der Waals surface area contributed by atoms with Gasteiger partial charge in [0.2, 0.25) is 0 Å². The lowest BCUT2D eigenvalue weighted by molar-refractivity contribution is 0.305. The van der Waals surface area contributed by atoms with Crippen LogP contribution in [-0.2, 0) is 17.4 Å². The minimum absolute atomic E-state index is 0.163. The van der Waals surface area contributed by atoms with Crippen LogP contribution in [-0.4, -0.2) is 21.6 Å². The summed E-state index contributed by atoms with van der Waals surface area (Å²) in [6.07, 6.45) is 0. The van der Waals surface area contributed by atoms with E-state index in [1.165, 1.54) is 17.1 Å². The SMILES string of the molecule is CC(C)(C)c1cc(-c2csc(COc3ccc(C4SCCS4)cc3)n2)cc(C(C)(C)C)c1O. The Bertz CT molecular complexity index is 1070. The number of rotatable bonds is 5. The molecule has 2 aromatic carbocycles. The molecule has 0 radical (unpaired) electrons. The van der Waals surface area contributed by atoms with Crippen LogP contribution in [0.15, 0.2) is 41.8 Å². The normalized spacial score (nSPS) is 15.2. The van der Waals surface area contributed by atoms with Gasteiger partial charge in [-0.15, -0.1) is 34.9 Å². The molecule has 0 saturated carbocycles. The molecule has 1 aliphatic rings. The molecule has 0 bridgehead atoms. The van der Waals surface area contributed by atoms with Gasteiger partial charge in [0, 0.05) is 33.6 Å². The Hall–Kier alpha value is -1.63. The van der Waals surface area contributed by atoms with Gasteiger partial charge >= 0.3 is 0 Å². The van der Waals surface area contributed by atoms with Crippen molar-refractivity contribution in [2.45, 2.75) is 63.6 Å². The lowest BCUT2D eigenvalue weighted by atomic mass is 9.78. The lowest BCUT2D eigenvalue weighted by Crippen LogP contribution is -2.17. The molecule has 4 rings (SSSR count). The van der Waals surface area contributed by atoms with Gasteiger partial charge in [0.25, 0.3) is 0 Å². The predicted molar refractivity (Wildman–Crippen MR) is 145 cm³/mol. The fourth-order valence-electron chi connectivity index (χ4n) is 3.85. The number of thioether (sulfide) groups is 2. The maximum Gasteiger partial charge on any atom is 0.140 e. The van der Waals surface area contributed by atoms with Gasteiger partial charge in [-0.25, -0.2) is 4.98 Å². The highest BCUT2D eigenvalue weighted by molar-refractivity contribution is 8.19. The Labute approximate surface area is 210 Å². The zero-order chi connectivity index (χ0) is 23.8. The molecule has 0 amide bonds. The Kier molecular flexibility index (Phi) is 7.09. The molecule has 3 aromatic rings. The van der Waals surface area contributed by atoms with E-state index in [0.717, 1.165) is 33.1 Å². The van der Waals surface area contributed by atoms with Crippen molar-refractivity contribution < 1.29 is 9.84 Å². The number of thiazole rings is 1. The average molecular weight is 500 g/mol. The number of ether oxygens (including phenoxy) is 1. The minimum Gasteiger partial charge on any atom is -0.507 e. The molecule has 1 N–H and O–H groups in total. The van der Waals surface area contributed by atoms with E-state index in [1.807, 2.05) is 23.5 Å². The standard InChI is InChI=1S/C27H33NO2S3/c1-26(2,3)20-13-18(14-21(24(20)29)27(4,5)6)22-16-33-23(28-22)15-30-19-9-7-17(8-10-19)25-31-11-12-32-25/h7-10,13-14,16,25,29H,11-12,15H2,1-6H3. The van der Waals surface area contributed by atoms with Crippen LogP contribution in [0.2, 0.25) is 0 Å². The van der Waals surface area contributed by atoms with Gasteiger partial charge in [0.1, 0.15) is 23.1 Å². The molecular formula is C27H33NO2S3. The van der Waals surface area contributed by atoms with E-state index in [9.17, 15) is 5.11 Å². The molecule has 33 heavy (non-hydrogen) atoms. The highest BCUT2D eigenvalue weighted by Crippen LogP contribution is 2.45. The third kappa shape index (κ3) is 5.72. The molecule has 3 nitrogen and oxygen atoms in total. The molecule has 1 saturated heterocycles. The largest absolute Gasteiger partial charge is 0.507 e. The monoisotopic (exact) mass is 499 g/mol. The first-order valence-electron chi connectivity index (χ1n) is 11.3. The van der Waals surface area contributed by atoms with Crippen molar-refractivity contribution in [3.63, 3.8) is 0 Å². The summed E-state index contributed by atoms with van der Waals surface area (Å²) >= 11 is 5.64. The molecule has 0 aliphatic carbocycles. The van der Waals surface area contributed by atoms with Crippen LogP contribution in [0.1, 0.15) is 67.8 Å². The first-order chi connectivity index (χ1) is 15.5. The van der Waals surface area contributed by atoms with Crippen LogP contribution in [0.4, 0.5) is 0 Å². The van der Waals surface area contributed by atoms with Gasteiger partial charge in [0.15, 0.2) is 0 Å². The van der Waals surface area contributed by atoms with Gasteiger partial charge in [-0.05, 0) is 40.7 Å². The van der Waals surface area contributed by atoms with Crippen molar-refractivity contribution in [3.8, 4) is 22.8 Å². The Morgan fingerprint density at radius 1 is 0.939 bits per heavy atom. The number of hydrogen-bond donors (Lipinski definition) is 1. The van der Waals surface area contributed by atoms with Crippen LogP contribution in [0.3, 0.4) is 0 Å². The maximum absolute atomic E-state index is 11.0. The number of benzene rings is 2. The lowest BCUT2D eigenvalue weighted by Gasteiger charge is -2.28. The van der Waals surface area contributed by atoms with E-state index < -0.39 is 0 Å². The van der Waals surface area contributed by atoms with Crippen LogP contribution in [0.25, 0.3) is 11.3 Å². The second-order valence-corrected chi connectivity index (χ2v) is 14.1. The topological polar surface area (TPSA) is 42.4 Å². The number of aromatic nitrogens is 1. The first kappa shape index (κ1) is 24.5. The van der Waals surface area contributed by atoms with Gasteiger partial charge < -0.3 is 9.84 Å². The van der Waals surface area contributed by atoms with E-state index in [-0.39, 0.29) is 10.8 Å². The maximum atomic E-state index is 11.0. The third-order valence-electron chi connectivity index (χ3n) is 5.71. The van der Waals surface area contributed by atoms with Crippen molar-refractivity contribution in [2.75, 3.05) is 11.5 Å². The molecule has 1 fully saturated rings. The molecule has 1 aliphatic heterocycles. The number of phenols is 1. The Morgan fingerprint density at radius 3 is 2.06 bits per heavy atom. The fraction of sp³-hybridized carbons (Fsp3) is 0.444. The van der Waals surface area contributed by atoms with E-state index in [4.69, 9.17) is 9.72 Å². The second kappa shape index (κ2) is 9.55. The van der Waals surface area contributed by atoms with Crippen molar-refractivity contribution in [1.82, 2.24) is 4.98 Å². The number of nitrogens with zero attached hydrogens (tertiary/aromatic N) is 1. The third-order valence-corrected chi connectivity index (χ3v) is 9.64. The molecule has 6 heteroatoms. The molecule has 2 heterocycles. The number of hydrogen-bond acceptors (Lipinski definition) is 6. The fourth-order valence-corrected chi connectivity index (χ4v) is 7.43. The molecule has 0 atom stereocenters. The van der Waals surface area contributed by atoms with Crippen molar-refractivity contribution in [1.29, 1.82) is 0 Å². The van der Waals surface area contributed by atoms with Crippen LogP contribution in [0.5, 0.6) is 11.5 Å². The molecular weight excluding hydrogens is 467 g/mol. The van der Waals surface area contributed by atoms with Gasteiger partial charge in [-0.2, -0.15) is 0 Å². The van der Waals surface area contributed by atoms with Gasteiger partial charge in [0.05, 0.1) is 10.3 Å².